The first-order valence-electron chi connectivity index (χ1n) is 12.4. The quantitative estimate of drug-likeness (QED) is 0.547. The molecule has 2 aromatic rings. The zero-order valence-corrected chi connectivity index (χ0v) is 20.2. The summed E-state index contributed by atoms with van der Waals surface area (Å²) in [4.78, 5) is 30.6. The number of rotatable bonds is 9. The van der Waals surface area contributed by atoms with Gasteiger partial charge in [-0.2, -0.15) is 0 Å². The largest absolute Gasteiger partial charge is 0.377 e. The van der Waals surface area contributed by atoms with Gasteiger partial charge in [-0.15, -0.1) is 0 Å². The molecule has 33 heavy (non-hydrogen) atoms. The highest BCUT2D eigenvalue weighted by Gasteiger charge is 2.36. The number of nitrogens with zero attached hydrogens (tertiary/aromatic N) is 2. The molecule has 1 atom stereocenters. The average molecular weight is 448 g/mol. The predicted molar refractivity (Wildman–Crippen MR) is 134 cm³/mol. The average Bonchev–Trinajstić information content (AvgIpc) is 3.50. The molecule has 0 spiro atoms. The molecule has 0 aromatic heterocycles. The molecule has 2 aliphatic rings. The van der Waals surface area contributed by atoms with Crippen molar-refractivity contribution in [2.45, 2.75) is 70.4 Å². The molecule has 2 aliphatic carbocycles. The molecule has 2 saturated carbocycles. The maximum atomic E-state index is 13.7. The van der Waals surface area contributed by atoms with E-state index in [4.69, 9.17) is 0 Å². The molecule has 0 saturated heterocycles. The number of hydrogen-bond donors (Lipinski definition) is 1. The normalized spacial score (nSPS) is 16.9. The van der Waals surface area contributed by atoms with E-state index in [-0.39, 0.29) is 23.7 Å². The van der Waals surface area contributed by atoms with Gasteiger partial charge in [0.2, 0.25) is 11.8 Å². The summed E-state index contributed by atoms with van der Waals surface area (Å²) in [6.07, 6.45) is 7.15. The second-order valence-corrected chi connectivity index (χ2v) is 9.78. The highest BCUT2D eigenvalue weighted by Crippen LogP contribution is 2.35. The Morgan fingerprint density at radius 2 is 1.70 bits per heavy atom. The van der Waals surface area contributed by atoms with Gasteiger partial charge in [-0.25, -0.2) is 0 Å². The summed E-state index contributed by atoms with van der Waals surface area (Å²) in [5, 5.41) is 3.14. The predicted octanol–water partition coefficient (Wildman–Crippen LogP) is 5.57. The first kappa shape index (κ1) is 23.3. The lowest BCUT2D eigenvalue weighted by atomic mass is 9.94. The number of amides is 2. The van der Waals surface area contributed by atoms with Gasteiger partial charge in [0.05, 0.1) is 5.92 Å². The van der Waals surface area contributed by atoms with Crippen LogP contribution in [0.2, 0.25) is 0 Å². The van der Waals surface area contributed by atoms with E-state index >= 15 is 0 Å². The molecule has 2 aromatic carbocycles. The summed E-state index contributed by atoms with van der Waals surface area (Å²) in [5.41, 5.74) is 4.07. The van der Waals surface area contributed by atoms with Gasteiger partial charge in [0.25, 0.3) is 0 Å². The Kier molecular flexibility index (Phi) is 7.36. The lowest BCUT2D eigenvalue weighted by molar-refractivity contribution is -0.134. The minimum Gasteiger partial charge on any atom is -0.377 e. The SMILES string of the molecule is CCC(C(=O)N(Cc1cc(NC(=O)C2CCCC2)ccc1N(C)C)C1CC1)c1ccccc1. The summed E-state index contributed by atoms with van der Waals surface area (Å²) in [6, 6.07) is 16.5. The van der Waals surface area contributed by atoms with Crippen molar-refractivity contribution < 1.29 is 9.59 Å². The zero-order valence-electron chi connectivity index (χ0n) is 20.2. The van der Waals surface area contributed by atoms with Gasteiger partial charge in [-0.1, -0.05) is 50.1 Å². The summed E-state index contributed by atoms with van der Waals surface area (Å²) in [5.74, 6) is 0.333. The fourth-order valence-electron chi connectivity index (χ4n) is 5.05. The highest BCUT2D eigenvalue weighted by molar-refractivity contribution is 5.93. The third-order valence-electron chi connectivity index (χ3n) is 7.07. The van der Waals surface area contributed by atoms with Gasteiger partial charge in [0.15, 0.2) is 0 Å². The van der Waals surface area contributed by atoms with Gasteiger partial charge < -0.3 is 15.1 Å². The molecule has 0 bridgehead atoms. The van der Waals surface area contributed by atoms with Crippen LogP contribution >= 0.6 is 0 Å². The number of hydrogen-bond acceptors (Lipinski definition) is 3. The van der Waals surface area contributed by atoms with Gasteiger partial charge >= 0.3 is 0 Å². The smallest absolute Gasteiger partial charge is 0.230 e. The zero-order chi connectivity index (χ0) is 23.4. The van der Waals surface area contributed by atoms with Gasteiger partial charge in [0.1, 0.15) is 0 Å². The maximum Gasteiger partial charge on any atom is 0.230 e. The molecule has 4 rings (SSSR count). The molecule has 5 nitrogen and oxygen atoms in total. The summed E-state index contributed by atoms with van der Waals surface area (Å²) >= 11 is 0. The van der Waals surface area contributed by atoms with Crippen LogP contribution in [0.3, 0.4) is 0 Å². The van der Waals surface area contributed by atoms with Crippen LogP contribution in [0.15, 0.2) is 48.5 Å². The van der Waals surface area contributed by atoms with Crippen LogP contribution in [0, 0.1) is 5.92 Å². The van der Waals surface area contributed by atoms with E-state index in [1.165, 1.54) is 0 Å². The minimum atomic E-state index is -0.125. The molecule has 0 aliphatic heterocycles. The third-order valence-corrected chi connectivity index (χ3v) is 7.07. The van der Waals surface area contributed by atoms with E-state index in [0.717, 1.165) is 67.4 Å². The summed E-state index contributed by atoms with van der Waals surface area (Å²) in [6.45, 7) is 2.65. The van der Waals surface area contributed by atoms with E-state index < -0.39 is 0 Å². The topological polar surface area (TPSA) is 52.7 Å². The van der Waals surface area contributed by atoms with Crippen molar-refractivity contribution in [1.29, 1.82) is 0 Å². The minimum absolute atomic E-state index is 0.125. The van der Waals surface area contributed by atoms with Crippen LogP contribution in [0.4, 0.5) is 11.4 Å². The molecule has 176 valence electrons. The fourth-order valence-corrected chi connectivity index (χ4v) is 5.05. The number of nitrogens with one attached hydrogen (secondary N) is 1. The number of carbonyl (C=O) groups excluding carboxylic acids is 2. The maximum absolute atomic E-state index is 13.7. The van der Waals surface area contributed by atoms with Gasteiger partial charge in [-0.05, 0) is 61.4 Å². The van der Waals surface area contributed by atoms with E-state index in [1.54, 1.807) is 0 Å². The van der Waals surface area contributed by atoms with Crippen molar-refractivity contribution in [3.8, 4) is 0 Å². The first-order valence-corrected chi connectivity index (χ1v) is 12.4. The molecule has 5 heteroatoms. The first-order chi connectivity index (χ1) is 16.0. The molecular weight excluding hydrogens is 410 g/mol. The van der Waals surface area contributed by atoms with Crippen LogP contribution in [-0.2, 0) is 16.1 Å². The van der Waals surface area contributed by atoms with Crippen molar-refractivity contribution >= 4 is 23.2 Å². The van der Waals surface area contributed by atoms with Crippen molar-refractivity contribution in [1.82, 2.24) is 4.90 Å². The number of carbonyl (C=O) groups is 2. The Balaban J connectivity index is 1.57. The summed E-state index contributed by atoms with van der Waals surface area (Å²) in [7, 11) is 4.05. The van der Waals surface area contributed by atoms with E-state index in [0.29, 0.717) is 12.6 Å². The van der Waals surface area contributed by atoms with Crippen LogP contribution in [0.5, 0.6) is 0 Å². The Labute approximate surface area is 198 Å². The van der Waals surface area contributed by atoms with Crippen LogP contribution in [0.1, 0.15) is 68.9 Å². The third kappa shape index (κ3) is 5.58. The van der Waals surface area contributed by atoms with Crippen molar-refractivity contribution in [2.75, 3.05) is 24.3 Å². The molecule has 2 amide bonds. The molecule has 0 heterocycles. The Bertz CT molecular complexity index is 962. The molecular formula is C28H37N3O2. The molecule has 2 fully saturated rings. The monoisotopic (exact) mass is 447 g/mol. The number of benzene rings is 2. The van der Waals surface area contributed by atoms with Gasteiger partial charge in [0, 0.05) is 44.0 Å². The fraction of sp³-hybridized carbons (Fsp3) is 0.500. The van der Waals surface area contributed by atoms with Crippen molar-refractivity contribution in [3.63, 3.8) is 0 Å². The van der Waals surface area contributed by atoms with Crippen molar-refractivity contribution in [3.05, 3.63) is 59.7 Å². The second kappa shape index (κ2) is 10.4. The van der Waals surface area contributed by atoms with Gasteiger partial charge in [-0.3, -0.25) is 9.59 Å². The van der Waals surface area contributed by atoms with Crippen molar-refractivity contribution in [2.24, 2.45) is 5.92 Å². The van der Waals surface area contributed by atoms with E-state index in [1.807, 2.05) is 38.4 Å². The molecule has 0 radical (unpaired) electrons. The standard InChI is InChI=1S/C28H37N3O2/c1-4-25(20-10-6-5-7-11-20)28(33)31(24-15-16-24)19-22-18-23(14-17-26(22)30(2)3)29-27(32)21-12-8-9-13-21/h5-7,10-11,14,17-18,21,24-25H,4,8-9,12-13,15-16,19H2,1-3H3,(H,29,32). The van der Waals surface area contributed by atoms with Crippen LogP contribution in [0.25, 0.3) is 0 Å². The highest BCUT2D eigenvalue weighted by atomic mass is 16.2. The Morgan fingerprint density at radius 3 is 2.30 bits per heavy atom. The van der Waals surface area contributed by atoms with Crippen LogP contribution in [-0.4, -0.2) is 36.9 Å². The number of anilines is 2. The van der Waals surface area contributed by atoms with Crippen LogP contribution < -0.4 is 10.2 Å². The molecule has 1 unspecified atom stereocenters. The lowest BCUT2D eigenvalue weighted by Crippen LogP contribution is -2.36. The van der Waals surface area contributed by atoms with E-state index in [2.05, 4.69) is 46.3 Å². The summed E-state index contributed by atoms with van der Waals surface area (Å²) < 4.78 is 0. The lowest BCUT2D eigenvalue weighted by Gasteiger charge is -2.29. The molecule has 1 N–H and O–H groups in total. The van der Waals surface area contributed by atoms with E-state index in [9.17, 15) is 9.59 Å². The second-order valence-electron chi connectivity index (χ2n) is 9.78. The Morgan fingerprint density at radius 1 is 1.00 bits per heavy atom. The Hall–Kier alpha value is -2.82.